The lowest BCUT2D eigenvalue weighted by atomic mass is 9.97. The minimum absolute atomic E-state index is 0.876. The number of pyridine rings is 1. The summed E-state index contributed by atoms with van der Waals surface area (Å²) in [6.45, 7) is 0. The fourth-order valence-electron chi connectivity index (χ4n) is 9.00. The third-order valence-electron chi connectivity index (χ3n) is 11.5. The van der Waals surface area contributed by atoms with Crippen LogP contribution in [0.4, 0.5) is 0 Å². The highest BCUT2D eigenvalue weighted by molar-refractivity contribution is 7.86. The lowest BCUT2D eigenvalue weighted by Gasteiger charge is -2.16. The minimum atomic E-state index is -3.00. The molecule has 246 valence electrons. The van der Waals surface area contributed by atoms with E-state index in [0.29, 0.717) is 0 Å². The van der Waals surface area contributed by atoms with E-state index in [4.69, 9.17) is 4.98 Å². The second-order valence-corrected chi connectivity index (χ2v) is 17.0. The Hall–Kier alpha value is -6.54. The van der Waals surface area contributed by atoms with Gasteiger partial charge in [0.25, 0.3) is 0 Å². The maximum absolute atomic E-state index is 15.1. The van der Waals surface area contributed by atoms with E-state index >= 15 is 4.57 Å². The number of hydrogen-bond donors (Lipinski definition) is 0. The number of aromatic nitrogens is 2. The van der Waals surface area contributed by atoms with Crippen LogP contribution in [0.2, 0.25) is 0 Å². The van der Waals surface area contributed by atoms with Crippen LogP contribution in [0, 0.1) is 0 Å². The number of imidazole rings is 1. The van der Waals surface area contributed by atoms with Crippen molar-refractivity contribution in [1.82, 2.24) is 9.38 Å². The van der Waals surface area contributed by atoms with Gasteiger partial charge in [-0.15, -0.1) is 0 Å². The highest BCUT2D eigenvalue weighted by atomic mass is 31.2. The predicted molar refractivity (Wildman–Crippen MR) is 224 cm³/mol. The van der Waals surface area contributed by atoms with Gasteiger partial charge < -0.3 is 4.57 Å². The van der Waals surface area contributed by atoms with Crippen molar-refractivity contribution in [2.45, 2.75) is 0 Å². The van der Waals surface area contributed by atoms with E-state index in [-0.39, 0.29) is 0 Å². The van der Waals surface area contributed by atoms with Gasteiger partial charge in [0.15, 0.2) is 7.14 Å². The van der Waals surface area contributed by atoms with E-state index in [2.05, 4.69) is 144 Å². The monoisotopic (exact) mass is 692 g/mol. The van der Waals surface area contributed by atoms with Crippen molar-refractivity contribution < 1.29 is 4.57 Å². The van der Waals surface area contributed by atoms with Crippen LogP contribution >= 0.6 is 7.14 Å². The molecular weight excluding hydrogens is 664 g/mol. The van der Waals surface area contributed by atoms with E-state index in [0.717, 1.165) is 71.1 Å². The zero-order valence-electron chi connectivity index (χ0n) is 28.5. The number of rotatable bonds is 2. The molecule has 0 N–H and O–H groups in total. The molecule has 4 heteroatoms. The molecular formula is C49H29N2OP. The first kappa shape index (κ1) is 29.1. The van der Waals surface area contributed by atoms with Crippen molar-refractivity contribution in [3.05, 3.63) is 176 Å². The van der Waals surface area contributed by atoms with Crippen molar-refractivity contribution in [2.75, 3.05) is 0 Å². The average molecular weight is 693 g/mol. The molecule has 9 aromatic carbocycles. The van der Waals surface area contributed by atoms with Gasteiger partial charge in [-0.05, 0) is 96.4 Å². The van der Waals surface area contributed by atoms with E-state index in [9.17, 15) is 0 Å². The highest BCUT2D eigenvalue weighted by Gasteiger charge is 2.39. The van der Waals surface area contributed by atoms with Crippen LogP contribution in [0.3, 0.4) is 0 Å². The molecule has 2 aromatic heterocycles. The van der Waals surface area contributed by atoms with Crippen LogP contribution in [0.25, 0.3) is 92.9 Å². The van der Waals surface area contributed by atoms with Gasteiger partial charge in [0.05, 0.1) is 16.6 Å². The predicted octanol–water partition coefficient (Wildman–Crippen LogP) is 11.5. The lowest BCUT2D eigenvalue weighted by molar-refractivity contribution is 0.593. The second-order valence-electron chi connectivity index (χ2n) is 14.3. The summed E-state index contributed by atoms with van der Waals surface area (Å²) in [6, 6.07) is 62.3. The summed E-state index contributed by atoms with van der Waals surface area (Å²) in [5.74, 6) is 0. The summed E-state index contributed by atoms with van der Waals surface area (Å²) >= 11 is 0. The summed E-state index contributed by atoms with van der Waals surface area (Å²) < 4.78 is 17.5. The van der Waals surface area contributed by atoms with Gasteiger partial charge in [0.2, 0.25) is 0 Å². The first-order chi connectivity index (χ1) is 26.1. The van der Waals surface area contributed by atoms with Gasteiger partial charge in [-0.25, -0.2) is 4.98 Å². The van der Waals surface area contributed by atoms with Crippen LogP contribution in [0.1, 0.15) is 0 Å². The molecule has 1 aliphatic rings. The fraction of sp³-hybridized carbons (Fsp3) is 0. The molecule has 0 atom stereocenters. The van der Waals surface area contributed by atoms with E-state index in [1.54, 1.807) is 0 Å². The Bertz CT molecular complexity index is 3400. The van der Waals surface area contributed by atoms with E-state index in [1.807, 2.05) is 36.4 Å². The van der Waals surface area contributed by atoms with Crippen molar-refractivity contribution in [1.29, 1.82) is 0 Å². The Labute approximate surface area is 304 Å². The molecule has 11 aromatic rings. The number of hydrogen-bond acceptors (Lipinski definition) is 2. The van der Waals surface area contributed by atoms with E-state index in [1.165, 1.54) is 37.7 Å². The molecule has 0 spiro atoms. The van der Waals surface area contributed by atoms with Gasteiger partial charge in [-0.3, -0.25) is 4.40 Å². The van der Waals surface area contributed by atoms with E-state index < -0.39 is 7.14 Å². The Kier molecular flexibility index (Phi) is 5.77. The molecule has 0 bridgehead atoms. The molecule has 0 saturated carbocycles. The lowest BCUT2D eigenvalue weighted by Crippen LogP contribution is -2.20. The van der Waals surface area contributed by atoms with Gasteiger partial charge in [-0.2, -0.15) is 0 Å². The van der Waals surface area contributed by atoms with Crippen molar-refractivity contribution in [3.63, 3.8) is 0 Å². The maximum atomic E-state index is 15.1. The van der Waals surface area contributed by atoms with Crippen molar-refractivity contribution in [2.24, 2.45) is 0 Å². The van der Waals surface area contributed by atoms with Gasteiger partial charge >= 0.3 is 0 Å². The molecule has 1 aliphatic heterocycles. The average Bonchev–Trinajstić information content (AvgIpc) is 3.73. The minimum Gasteiger partial charge on any atom is -0.309 e. The molecule has 0 radical (unpaired) electrons. The van der Waals surface area contributed by atoms with Gasteiger partial charge in [0, 0.05) is 26.7 Å². The van der Waals surface area contributed by atoms with Crippen LogP contribution in [-0.4, -0.2) is 9.38 Å². The normalized spacial score (nSPS) is 13.5. The molecule has 3 heterocycles. The second kappa shape index (κ2) is 10.5. The fourth-order valence-corrected chi connectivity index (χ4v) is 12.1. The third-order valence-corrected chi connectivity index (χ3v) is 14.6. The Morgan fingerprint density at radius 3 is 1.85 bits per heavy atom. The molecule has 0 amide bonds. The standard InChI is InChI=1S/C49H29N2OP/c52-53(46-15-7-5-13-39(46)40-14-6-8-16-47(40)53)37-22-19-34-25-33(17-18-35(34)26-37)36-21-24-43-45(29-36)51-44-28-32-11-2-1-10-31(32)27-42(44)41-23-20-30-9-3-4-12-38(30)48(41)49(51)50-43/h1-29H. The zero-order valence-corrected chi connectivity index (χ0v) is 29.4. The number of nitrogens with zero attached hydrogens (tertiary/aromatic N) is 2. The van der Waals surface area contributed by atoms with Gasteiger partial charge in [-0.1, -0.05) is 140 Å². The Morgan fingerprint density at radius 2 is 1.04 bits per heavy atom. The topological polar surface area (TPSA) is 34.4 Å². The quantitative estimate of drug-likeness (QED) is 0.103. The summed E-state index contributed by atoms with van der Waals surface area (Å²) in [4.78, 5) is 5.33. The summed E-state index contributed by atoms with van der Waals surface area (Å²) in [5.41, 5.74) is 8.59. The van der Waals surface area contributed by atoms with Crippen LogP contribution in [0.5, 0.6) is 0 Å². The zero-order chi connectivity index (χ0) is 34.8. The van der Waals surface area contributed by atoms with Crippen LogP contribution < -0.4 is 15.9 Å². The molecule has 12 rings (SSSR count). The summed E-state index contributed by atoms with van der Waals surface area (Å²) in [5, 5.41) is 13.4. The first-order valence-corrected chi connectivity index (χ1v) is 19.8. The summed E-state index contributed by atoms with van der Waals surface area (Å²) in [7, 11) is -3.00. The molecule has 3 nitrogen and oxygen atoms in total. The highest BCUT2D eigenvalue weighted by Crippen LogP contribution is 2.52. The molecule has 0 saturated heterocycles. The Balaban J connectivity index is 1.06. The molecule has 53 heavy (non-hydrogen) atoms. The SMILES string of the molecule is O=P1(c2ccc3cc(-c4ccc5nc6c7c8ccccc8ccc7c7cc8ccccc8cc7n6c5c4)ccc3c2)c2ccccc2-c2ccccc21. The maximum Gasteiger partial charge on any atom is 0.172 e. The summed E-state index contributed by atoms with van der Waals surface area (Å²) in [6.07, 6.45) is 0. The number of benzene rings is 9. The van der Waals surface area contributed by atoms with Crippen molar-refractivity contribution >= 4 is 93.7 Å². The number of fused-ring (bicyclic) bond motifs is 15. The first-order valence-electron chi connectivity index (χ1n) is 18.1. The third kappa shape index (κ3) is 3.95. The van der Waals surface area contributed by atoms with Crippen LogP contribution in [-0.2, 0) is 4.57 Å². The molecule has 0 fully saturated rings. The largest absolute Gasteiger partial charge is 0.309 e. The Morgan fingerprint density at radius 1 is 0.434 bits per heavy atom. The van der Waals surface area contributed by atoms with Crippen LogP contribution in [0.15, 0.2) is 176 Å². The molecule has 0 aliphatic carbocycles. The smallest absolute Gasteiger partial charge is 0.172 e. The van der Waals surface area contributed by atoms with Crippen molar-refractivity contribution in [3.8, 4) is 22.3 Å². The molecule has 0 unspecified atom stereocenters. The van der Waals surface area contributed by atoms with Gasteiger partial charge in [0.1, 0.15) is 5.65 Å².